The van der Waals surface area contributed by atoms with Crippen LogP contribution in [0.1, 0.15) is 71.6 Å². The Morgan fingerprint density at radius 3 is 2.21 bits per heavy atom. The van der Waals surface area contributed by atoms with Gasteiger partial charge in [-0.15, -0.1) is 0 Å². The third-order valence-electron chi connectivity index (χ3n) is 5.83. The Morgan fingerprint density at radius 1 is 0.947 bits per heavy atom. The first kappa shape index (κ1) is 15.3. The summed E-state index contributed by atoms with van der Waals surface area (Å²) in [6, 6.07) is 1.64. The van der Waals surface area contributed by atoms with Gasteiger partial charge >= 0.3 is 0 Å². The van der Waals surface area contributed by atoms with Crippen LogP contribution in [0.4, 0.5) is 0 Å². The minimum absolute atomic E-state index is 0.762. The molecule has 0 spiro atoms. The van der Waals surface area contributed by atoms with E-state index in [1.807, 2.05) is 0 Å². The van der Waals surface area contributed by atoms with Gasteiger partial charge in [0.05, 0.1) is 0 Å². The highest BCUT2D eigenvalue weighted by molar-refractivity contribution is 4.89. The van der Waals surface area contributed by atoms with Crippen molar-refractivity contribution in [2.24, 2.45) is 17.6 Å². The normalized spacial score (nSPS) is 36.6. The smallest absolute Gasteiger partial charge is 0.0138 e. The fourth-order valence-electron chi connectivity index (χ4n) is 4.55. The van der Waals surface area contributed by atoms with Crippen molar-refractivity contribution in [3.8, 4) is 0 Å². The highest BCUT2D eigenvalue weighted by Gasteiger charge is 2.33. The molecular weight excluding hydrogens is 232 g/mol. The summed E-state index contributed by atoms with van der Waals surface area (Å²) in [7, 11) is 0. The predicted molar refractivity (Wildman–Crippen MR) is 83.2 cm³/mol. The van der Waals surface area contributed by atoms with Crippen LogP contribution in [0.25, 0.3) is 0 Å². The van der Waals surface area contributed by atoms with Crippen molar-refractivity contribution in [2.45, 2.75) is 83.7 Å². The van der Waals surface area contributed by atoms with Gasteiger partial charge in [-0.3, -0.25) is 4.90 Å². The molecule has 0 aromatic heterocycles. The largest absolute Gasteiger partial charge is 0.330 e. The van der Waals surface area contributed by atoms with Crippen molar-refractivity contribution in [1.82, 2.24) is 4.90 Å². The molecule has 2 saturated carbocycles. The van der Waals surface area contributed by atoms with Gasteiger partial charge in [-0.1, -0.05) is 33.1 Å². The minimum atomic E-state index is 0.762. The van der Waals surface area contributed by atoms with E-state index >= 15 is 0 Å². The van der Waals surface area contributed by atoms with E-state index in [1.165, 1.54) is 64.3 Å². The molecule has 112 valence electrons. The Labute approximate surface area is 120 Å². The molecule has 0 amide bonds. The van der Waals surface area contributed by atoms with Crippen LogP contribution >= 0.6 is 0 Å². The van der Waals surface area contributed by atoms with Crippen molar-refractivity contribution in [2.75, 3.05) is 13.1 Å². The third kappa shape index (κ3) is 3.72. The first-order chi connectivity index (χ1) is 9.30. The van der Waals surface area contributed by atoms with Gasteiger partial charge in [0.2, 0.25) is 0 Å². The monoisotopic (exact) mass is 266 g/mol. The molecule has 2 aliphatic carbocycles. The van der Waals surface area contributed by atoms with Crippen molar-refractivity contribution in [1.29, 1.82) is 0 Å². The maximum Gasteiger partial charge on any atom is 0.0138 e. The maximum absolute atomic E-state index is 6.03. The summed E-state index contributed by atoms with van der Waals surface area (Å²) in [6.45, 7) is 6.83. The molecule has 0 bridgehead atoms. The van der Waals surface area contributed by atoms with E-state index in [0.717, 1.165) is 30.5 Å². The Hall–Kier alpha value is -0.0800. The molecule has 0 aliphatic heterocycles. The number of nitrogens with zero attached hydrogens (tertiary/aromatic N) is 1. The van der Waals surface area contributed by atoms with Gasteiger partial charge in [0.15, 0.2) is 0 Å². The van der Waals surface area contributed by atoms with Gasteiger partial charge in [0.1, 0.15) is 0 Å². The van der Waals surface area contributed by atoms with Crippen LogP contribution in [0.15, 0.2) is 0 Å². The van der Waals surface area contributed by atoms with Gasteiger partial charge in [-0.25, -0.2) is 0 Å². The van der Waals surface area contributed by atoms with Crippen LogP contribution < -0.4 is 5.73 Å². The molecule has 2 rings (SSSR count). The first-order valence-electron chi connectivity index (χ1n) is 8.75. The van der Waals surface area contributed by atoms with Crippen LogP contribution in [0.3, 0.4) is 0 Å². The Morgan fingerprint density at radius 2 is 1.63 bits per heavy atom. The van der Waals surface area contributed by atoms with E-state index in [2.05, 4.69) is 18.7 Å². The highest BCUT2D eigenvalue weighted by atomic mass is 15.2. The zero-order valence-corrected chi connectivity index (χ0v) is 13.1. The van der Waals surface area contributed by atoms with Crippen LogP contribution in [-0.2, 0) is 0 Å². The lowest BCUT2D eigenvalue weighted by molar-refractivity contribution is 0.0454. The number of rotatable bonds is 5. The molecule has 2 fully saturated rings. The number of nitrogens with two attached hydrogens (primary N) is 1. The quantitative estimate of drug-likeness (QED) is 0.820. The highest BCUT2D eigenvalue weighted by Crippen LogP contribution is 2.35. The van der Waals surface area contributed by atoms with Crippen molar-refractivity contribution in [3.05, 3.63) is 0 Å². The molecule has 2 N–H and O–H groups in total. The lowest BCUT2D eigenvalue weighted by atomic mass is 9.79. The molecule has 2 aliphatic rings. The van der Waals surface area contributed by atoms with E-state index in [4.69, 9.17) is 5.73 Å². The van der Waals surface area contributed by atoms with E-state index in [-0.39, 0.29) is 0 Å². The Balaban J connectivity index is 1.94. The molecule has 2 unspecified atom stereocenters. The van der Waals surface area contributed by atoms with Crippen molar-refractivity contribution in [3.63, 3.8) is 0 Å². The summed E-state index contributed by atoms with van der Waals surface area (Å²) in [5.74, 6) is 1.77. The first-order valence-corrected chi connectivity index (χ1v) is 8.75. The molecule has 0 saturated heterocycles. The summed E-state index contributed by atoms with van der Waals surface area (Å²) in [6.07, 6.45) is 12.7. The third-order valence-corrected chi connectivity index (χ3v) is 5.83. The van der Waals surface area contributed by atoms with Crippen molar-refractivity contribution < 1.29 is 0 Å². The molecule has 0 radical (unpaired) electrons. The molecule has 2 nitrogen and oxygen atoms in total. The summed E-state index contributed by atoms with van der Waals surface area (Å²) in [5.41, 5.74) is 6.03. The van der Waals surface area contributed by atoms with Crippen LogP contribution in [-0.4, -0.2) is 30.1 Å². The van der Waals surface area contributed by atoms with E-state index in [0.29, 0.717) is 0 Å². The average molecular weight is 266 g/mol. The Bertz CT molecular complexity index is 246. The molecule has 2 heteroatoms. The van der Waals surface area contributed by atoms with Crippen LogP contribution in [0.2, 0.25) is 0 Å². The summed E-state index contributed by atoms with van der Waals surface area (Å²) < 4.78 is 0. The maximum atomic E-state index is 6.03. The lowest BCUT2D eigenvalue weighted by Crippen LogP contribution is -2.50. The summed E-state index contributed by atoms with van der Waals surface area (Å²) >= 11 is 0. The van der Waals surface area contributed by atoms with Crippen LogP contribution in [0.5, 0.6) is 0 Å². The van der Waals surface area contributed by atoms with Crippen LogP contribution in [0, 0.1) is 11.8 Å². The zero-order chi connectivity index (χ0) is 13.7. The van der Waals surface area contributed by atoms with E-state index in [1.54, 1.807) is 0 Å². The molecule has 0 aromatic carbocycles. The topological polar surface area (TPSA) is 29.3 Å². The minimum Gasteiger partial charge on any atom is -0.330 e. The molecule has 19 heavy (non-hydrogen) atoms. The van der Waals surface area contributed by atoms with Crippen molar-refractivity contribution >= 4 is 0 Å². The fraction of sp³-hybridized carbons (Fsp3) is 1.00. The number of hydrogen-bond donors (Lipinski definition) is 1. The van der Waals surface area contributed by atoms with E-state index < -0.39 is 0 Å². The Kier molecular flexibility index (Phi) is 6.15. The predicted octanol–water partition coefficient (Wildman–Crippen LogP) is 3.79. The van der Waals surface area contributed by atoms with Gasteiger partial charge in [0.25, 0.3) is 0 Å². The van der Waals surface area contributed by atoms with E-state index in [9.17, 15) is 0 Å². The molecule has 0 aromatic rings. The second-order valence-electron chi connectivity index (χ2n) is 6.76. The fourth-order valence-corrected chi connectivity index (χ4v) is 4.55. The standard InChI is InChI=1S/C17H34N2/c1-3-14-9-11-16(12-10-14)19(4-2)17-8-6-5-7-15(17)13-18/h14-17H,3-13,18H2,1-2H3. The lowest BCUT2D eigenvalue weighted by Gasteiger charge is -2.45. The van der Waals surface area contributed by atoms with Gasteiger partial charge < -0.3 is 5.73 Å². The SMILES string of the molecule is CCC1CCC(N(CC)C2CCCCC2CN)CC1. The second-order valence-corrected chi connectivity index (χ2v) is 6.76. The number of hydrogen-bond acceptors (Lipinski definition) is 2. The van der Waals surface area contributed by atoms with Gasteiger partial charge in [-0.2, -0.15) is 0 Å². The zero-order valence-electron chi connectivity index (χ0n) is 13.1. The average Bonchev–Trinajstić information content (AvgIpc) is 2.49. The summed E-state index contributed by atoms with van der Waals surface area (Å²) in [4.78, 5) is 2.84. The molecule has 0 heterocycles. The van der Waals surface area contributed by atoms with Gasteiger partial charge in [-0.05, 0) is 63.5 Å². The van der Waals surface area contributed by atoms with Gasteiger partial charge in [0, 0.05) is 12.1 Å². The summed E-state index contributed by atoms with van der Waals surface area (Å²) in [5, 5.41) is 0. The second kappa shape index (κ2) is 7.64. The molecular formula is C17H34N2. The molecule has 2 atom stereocenters.